The number of hydrogen-bond donors (Lipinski definition) is 1. The van der Waals surface area contributed by atoms with Crippen molar-refractivity contribution in [2.75, 3.05) is 13.2 Å². The molecule has 0 bridgehead atoms. The Morgan fingerprint density at radius 1 is 1.06 bits per heavy atom. The van der Waals surface area contributed by atoms with E-state index in [1.54, 1.807) is 0 Å². The lowest BCUT2D eigenvalue weighted by molar-refractivity contribution is -0.384. The second kappa shape index (κ2) is 9.47. The minimum absolute atomic E-state index is 0.0326. The van der Waals surface area contributed by atoms with E-state index >= 15 is 0 Å². The van der Waals surface area contributed by atoms with Gasteiger partial charge in [0, 0.05) is 24.6 Å². The first-order valence-corrected chi connectivity index (χ1v) is 10.5. The van der Waals surface area contributed by atoms with Gasteiger partial charge in [0.1, 0.15) is 6.61 Å². The van der Waals surface area contributed by atoms with Gasteiger partial charge < -0.3 is 10.1 Å². The maximum absolute atomic E-state index is 12.2. The van der Waals surface area contributed by atoms with E-state index in [4.69, 9.17) is 4.74 Å². The molecule has 0 saturated carbocycles. The van der Waals surface area contributed by atoms with E-state index in [1.807, 2.05) is 49.4 Å². The van der Waals surface area contributed by atoms with E-state index in [1.165, 1.54) is 34.4 Å². The fraction of sp³-hybridized carbons (Fsp3) is 0.192. The van der Waals surface area contributed by atoms with E-state index in [9.17, 15) is 14.9 Å². The number of rotatable bonds is 7. The molecule has 3 aromatic carbocycles. The summed E-state index contributed by atoms with van der Waals surface area (Å²) in [5.41, 5.74) is 6.40. The minimum atomic E-state index is -0.452. The third kappa shape index (κ3) is 4.70. The highest BCUT2D eigenvalue weighted by molar-refractivity contribution is 5.79. The molecule has 1 aliphatic carbocycles. The van der Waals surface area contributed by atoms with Crippen LogP contribution in [0.1, 0.15) is 34.6 Å². The van der Waals surface area contributed by atoms with Crippen LogP contribution in [0.3, 0.4) is 0 Å². The smallest absolute Gasteiger partial charge is 0.407 e. The first kappa shape index (κ1) is 21.3. The summed E-state index contributed by atoms with van der Waals surface area (Å²) in [6.07, 6.45) is 3.83. The zero-order valence-electron chi connectivity index (χ0n) is 17.8. The molecule has 0 radical (unpaired) electrons. The number of nitro groups is 1. The van der Waals surface area contributed by atoms with Gasteiger partial charge in [-0.05, 0) is 46.7 Å². The highest BCUT2D eigenvalue weighted by atomic mass is 16.6. The predicted molar refractivity (Wildman–Crippen MR) is 125 cm³/mol. The number of nitro benzene ring substituents is 1. The lowest BCUT2D eigenvalue weighted by atomic mass is 9.98. The zero-order chi connectivity index (χ0) is 22.5. The second-order valence-corrected chi connectivity index (χ2v) is 7.80. The van der Waals surface area contributed by atoms with E-state index < -0.39 is 11.0 Å². The van der Waals surface area contributed by atoms with Crippen LogP contribution in [0.15, 0.2) is 72.8 Å². The Labute approximate surface area is 186 Å². The van der Waals surface area contributed by atoms with Crippen LogP contribution in [0, 0.1) is 17.0 Å². The van der Waals surface area contributed by atoms with Crippen LogP contribution in [0.5, 0.6) is 0 Å². The molecule has 6 nitrogen and oxygen atoms in total. The number of fused-ring (bicyclic) bond motifs is 3. The Morgan fingerprint density at radius 2 is 1.72 bits per heavy atom. The molecular formula is C26H24N2O4. The summed E-state index contributed by atoms with van der Waals surface area (Å²) >= 11 is 0. The van der Waals surface area contributed by atoms with Gasteiger partial charge in [-0.3, -0.25) is 10.1 Å². The van der Waals surface area contributed by atoms with Crippen molar-refractivity contribution in [2.24, 2.45) is 0 Å². The molecule has 0 aromatic heterocycles. The van der Waals surface area contributed by atoms with Crippen LogP contribution < -0.4 is 5.32 Å². The number of carbonyl (C=O) groups excluding carboxylic acids is 1. The van der Waals surface area contributed by atoms with Gasteiger partial charge in [-0.15, -0.1) is 0 Å². The number of carbonyl (C=O) groups is 1. The molecule has 0 spiro atoms. The third-order valence-electron chi connectivity index (χ3n) is 5.53. The zero-order valence-corrected chi connectivity index (χ0v) is 17.8. The number of ether oxygens (including phenoxy) is 1. The van der Waals surface area contributed by atoms with Crippen LogP contribution in [-0.2, 0) is 4.74 Å². The number of alkyl carbamates (subject to hydrolysis) is 1. The molecule has 1 aliphatic rings. The fourth-order valence-corrected chi connectivity index (χ4v) is 4.12. The normalized spacial score (nSPS) is 12.4. The largest absolute Gasteiger partial charge is 0.449 e. The monoisotopic (exact) mass is 428 g/mol. The molecule has 4 rings (SSSR count). The topological polar surface area (TPSA) is 81.5 Å². The molecule has 1 N–H and O–H groups in total. The molecule has 3 aromatic rings. The molecule has 0 aliphatic heterocycles. The Morgan fingerprint density at radius 3 is 2.38 bits per heavy atom. The van der Waals surface area contributed by atoms with E-state index in [0.717, 1.165) is 11.1 Å². The second-order valence-electron chi connectivity index (χ2n) is 7.80. The van der Waals surface area contributed by atoms with Crippen LogP contribution in [-0.4, -0.2) is 24.2 Å². The van der Waals surface area contributed by atoms with Gasteiger partial charge >= 0.3 is 6.09 Å². The van der Waals surface area contributed by atoms with Crippen molar-refractivity contribution in [2.45, 2.75) is 19.3 Å². The lowest BCUT2D eigenvalue weighted by Crippen LogP contribution is -2.26. The molecular weight excluding hydrogens is 404 g/mol. The van der Waals surface area contributed by atoms with Crippen LogP contribution in [0.4, 0.5) is 10.5 Å². The summed E-state index contributed by atoms with van der Waals surface area (Å²) in [5.74, 6) is 0.0326. The molecule has 162 valence electrons. The van der Waals surface area contributed by atoms with E-state index in [0.29, 0.717) is 13.0 Å². The number of aryl methyl sites for hydroxylation is 1. The third-order valence-corrected chi connectivity index (χ3v) is 5.53. The summed E-state index contributed by atoms with van der Waals surface area (Å²) in [4.78, 5) is 22.8. The predicted octanol–water partition coefficient (Wildman–Crippen LogP) is 5.85. The Hall–Kier alpha value is -3.93. The summed E-state index contributed by atoms with van der Waals surface area (Å²) in [6, 6.07) is 21.4. The standard InChI is InChI=1S/C26H24N2O4/c1-18-14-19(16-20(15-18)28(30)31)8-6-7-13-27-26(29)32-17-25-23-11-4-2-9-21(23)22-10-3-5-12-24(22)25/h2-6,8-12,14-16,25H,7,13,17H2,1H3,(H,27,29). The van der Waals surface area contributed by atoms with Gasteiger partial charge in [-0.1, -0.05) is 66.7 Å². The molecule has 0 fully saturated rings. The average molecular weight is 428 g/mol. The Kier molecular flexibility index (Phi) is 6.31. The van der Waals surface area contributed by atoms with Crippen molar-refractivity contribution in [3.63, 3.8) is 0 Å². The van der Waals surface area contributed by atoms with E-state index in [-0.39, 0.29) is 18.2 Å². The first-order chi connectivity index (χ1) is 15.5. The summed E-state index contributed by atoms with van der Waals surface area (Å²) in [6.45, 7) is 2.52. The van der Waals surface area contributed by atoms with Crippen LogP contribution in [0.2, 0.25) is 0 Å². The molecule has 6 heteroatoms. The lowest BCUT2D eigenvalue weighted by Gasteiger charge is -2.14. The molecule has 1 amide bonds. The van der Waals surface area contributed by atoms with Crippen LogP contribution >= 0.6 is 0 Å². The van der Waals surface area contributed by atoms with Gasteiger partial charge in [0.05, 0.1) is 4.92 Å². The summed E-state index contributed by atoms with van der Waals surface area (Å²) in [5, 5.41) is 13.7. The number of amides is 1. The number of nitrogens with one attached hydrogen (secondary N) is 1. The van der Waals surface area contributed by atoms with Crippen molar-refractivity contribution >= 4 is 17.9 Å². The quantitative estimate of drug-likeness (QED) is 0.291. The van der Waals surface area contributed by atoms with Gasteiger partial charge in [0.25, 0.3) is 5.69 Å². The van der Waals surface area contributed by atoms with Gasteiger partial charge in [0.2, 0.25) is 0 Å². The van der Waals surface area contributed by atoms with E-state index in [2.05, 4.69) is 29.6 Å². The van der Waals surface area contributed by atoms with Crippen LogP contribution in [0.25, 0.3) is 17.2 Å². The highest BCUT2D eigenvalue weighted by Crippen LogP contribution is 2.44. The van der Waals surface area contributed by atoms with Crippen molar-refractivity contribution in [1.29, 1.82) is 0 Å². The number of benzene rings is 3. The number of hydrogen-bond acceptors (Lipinski definition) is 4. The minimum Gasteiger partial charge on any atom is -0.449 e. The van der Waals surface area contributed by atoms with Crippen molar-refractivity contribution in [3.8, 4) is 11.1 Å². The molecule has 0 atom stereocenters. The summed E-state index contributed by atoms with van der Waals surface area (Å²) < 4.78 is 5.51. The first-order valence-electron chi connectivity index (χ1n) is 10.5. The number of nitrogens with zero attached hydrogens (tertiary/aromatic N) is 1. The molecule has 32 heavy (non-hydrogen) atoms. The maximum Gasteiger partial charge on any atom is 0.407 e. The number of non-ortho nitro benzene ring substituents is 1. The van der Waals surface area contributed by atoms with Crippen molar-refractivity contribution in [1.82, 2.24) is 5.32 Å². The van der Waals surface area contributed by atoms with Gasteiger partial charge in [-0.25, -0.2) is 4.79 Å². The average Bonchev–Trinajstić information content (AvgIpc) is 3.11. The maximum atomic E-state index is 12.2. The Balaban J connectivity index is 1.28. The molecule has 0 heterocycles. The van der Waals surface area contributed by atoms with Gasteiger partial charge in [-0.2, -0.15) is 0 Å². The van der Waals surface area contributed by atoms with Crippen molar-refractivity contribution < 1.29 is 14.5 Å². The van der Waals surface area contributed by atoms with Gasteiger partial charge in [0.15, 0.2) is 0 Å². The van der Waals surface area contributed by atoms with Crippen molar-refractivity contribution in [3.05, 3.63) is 105 Å². The fourth-order valence-electron chi connectivity index (χ4n) is 4.12. The molecule has 0 unspecified atom stereocenters. The highest BCUT2D eigenvalue weighted by Gasteiger charge is 2.28. The Bertz CT molecular complexity index is 1140. The summed E-state index contributed by atoms with van der Waals surface area (Å²) in [7, 11) is 0. The SMILES string of the molecule is Cc1cc(C=CCCNC(=O)OCC2c3ccccc3-c3ccccc32)cc([N+](=O)[O-])c1. The molecule has 0 saturated heterocycles.